The lowest BCUT2D eigenvalue weighted by Crippen LogP contribution is -2.49. The number of benzene rings is 2. The number of amides is 2. The van der Waals surface area contributed by atoms with Crippen LogP contribution in [0.5, 0.6) is 5.75 Å². The molecule has 0 saturated carbocycles. The third kappa shape index (κ3) is 6.50. The summed E-state index contributed by atoms with van der Waals surface area (Å²) in [6, 6.07) is 16.2. The Morgan fingerprint density at radius 2 is 1.53 bits per heavy atom. The van der Waals surface area contributed by atoms with Gasteiger partial charge in [0.2, 0.25) is 5.91 Å². The molecule has 194 valence electrons. The summed E-state index contributed by atoms with van der Waals surface area (Å²) in [5.74, 6) is 1.08. The molecule has 0 bridgehead atoms. The zero-order chi connectivity index (χ0) is 25.7. The number of nitrogens with one attached hydrogen (secondary N) is 1. The van der Waals surface area contributed by atoms with Gasteiger partial charge in [0.05, 0.1) is 12.7 Å². The minimum atomic E-state index is -0.00971. The number of rotatable bonds is 6. The van der Waals surface area contributed by atoms with Crippen molar-refractivity contribution in [2.24, 2.45) is 5.41 Å². The molecule has 1 N–H and O–H groups in total. The van der Waals surface area contributed by atoms with E-state index in [1.807, 2.05) is 35.2 Å². The van der Waals surface area contributed by atoms with Crippen LogP contribution in [-0.2, 0) is 4.79 Å². The normalized spacial score (nSPS) is 17.2. The van der Waals surface area contributed by atoms with E-state index >= 15 is 0 Å². The molecule has 2 aromatic carbocycles. The number of methoxy groups -OCH3 is 1. The van der Waals surface area contributed by atoms with E-state index in [9.17, 15) is 9.59 Å². The molecule has 4 rings (SSSR count). The summed E-state index contributed by atoms with van der Waals surface area (Å²) < 4.78 is 5.26. The monoisotopic (exact) mass is 492 g/mol. The van der Waals surface area contributed by atoms with Crippen LogP contribution >= 0.6 is 0 Å². The van der Waals surface area contributed by atoms with Crippen molar-refractivity contribution in [1.82, 2.24) is 10.2 Å². The van der Waals surface area contributed by atoms with Gasteiger partial charge in [0.15, 0.2) is 0 Å². The summed E-state index contributed by atoms with van der Waals surface area (Å²) in [5, 5.41) is 3.21. The number of piperidine rings is 1. The summed E-state index contributed by atoms with van der Waals surface area (Å²) in [4.78, 5) is 32.5. The van der Waals surface area contributed by atoms with Gasteiger partial charge in [-0.05, 0) is 54.7 Å². The molecule has 2 aromatic rings. The molecule has 0 radical (unpaired) electrons. The van der Waals surface area contributed by atoms with E-state index in [1.165, 1.54) is 0 Å². The number of carbonyl (C=O) groups is 2. The van der Waals surface area contributed by atoms with Gasteiger partial charge in [0.25, 0.3) is 5.91 Å². The van der Waals surface area contributed by atoms with E-state index in [0.29, 0.717) is 19.5 Å². The molecule has 0 aromatic heterocycles. The molecule has 0 spiro atoms. The molecule has 7 heteroatoms. The van der Waals surface area contributed by atoms with Crippen molar-refractivity contribution in [3.05, 3.63) is 54.1 Å². The fourth-order valence-corrected chi connectivity index (χ4v) is 5.09. The first-order valence-electron chi connectivity index (χ1n) is 13.0. The Balaban J connectivity index is 1.33. The second kappa shape index (κ2) is 11.2. The molecular formula is C29H40N4O3. The highest BCUT2D eigenvalue weighted by Gasteiger charge is 2.28. The van der Waals surface area contributed by atoms with E-state index in [1.54, 1.807) is 7.11 Å². The Labute approximate surface area is 215 Å². The largest absolute Gasteiger partial charge is 0.497 e. The molecule has 2 aliphatic rings. The maximum absolute atomic E-state index is 13.5. The van der Waals surface area contributed by atoms with Crippen molar-refractivity contribution in [3.63, 3.8) is 0 Å². The Morgan fingerprint density at radius 1 is 0.889 bits per heavy atom. The lowest BCUT2D eigenvalue weighted by molar-refractivity contribution is -0.123. The number of carbonyl (C=O) groups excluding carboxylic acids is 2. The fraction of sp³-hybridized carbons (Fsp3) is 0.517. The average Bonchev–Trinajstić information content (AvgIpc) is 2.88. The van der Waals surface area contributed by atoms with E-state index < -0.39 is 0 Å². The first-order valence-corrected chi connectivity index (χ1v) is 13.0. The van der Waals surface area contributed by atoms with Crippen molar-refractivity contribution in [2.45, 2.75) is 46.1 Å². The summed E-state index contributed by atoms with van der Waals surface area (Å²) in [5.41, 5.74) is 2.91. The molecule has 0 unspecified atom stereocenters. The van der Waals surface area contributed by atoms with Crippen LogP contribution in [0.1, 0.15) is 50.4 Å². The third-order valence-electron chi connectivity index (χ3n) is 7.03. The summed E-state index contributed by atoms with van der Waals surface area (Å²) in [7, 11) is 1.67. The predicted molar refractivity (Wildman–Crippen MR) is 145 cm³/mol. The van der Waals surface area contributed by atoms with Gasteiger partial charge in [-0.1, -0.05) is 32.9 Å². The van der Waals surface area contributed by atoms with Crippen molar-refractivity contribution in [3.8, 4) is 5.75 Å². The van der Waals surface area contributed by atoms with Crippen molar-refractivity contribution in [1.29, 1.82) is 0 Å². The van der Waals surface area contributed by atoms with E-state index in [2.05, 4.69) is 54.1 Å². The quantitative estimate of drug-likeness (QED) is 0.656. The van der Waals surface area contributed by atoms with E-state index in [0.717, 1.165) is 61.7 Å². The van der Waals surface area contributed by atoms with Crippen molar-refractivity contribution < 1.29 is 14.3 Å². The second-order valence-corrected chi connectivity index (χ2v) is 11.1. The Kier molecular flexibility index (Phi) is 8.07. The second-order valence-electron chi connectivity index (χ2n) is 11.1. The number of para-hydroxylation sites is 1. The minimum absolute atomic E-state index is 0.00971. The van der Waals surface area contributed by atoms with Crippen LogP contribution in [0.3, 0.4) is 0 Å². The Hall–Kier alpha value is -3.22. The topological polar surface area (TPSA) is 65.1 Å². The molecule has 2 heterocycles. The average molecular weight is 493 g/mol. The van der Waals surface area contributed by atoms with Crippen LogP contribution < -0.4 is 19.9 Å². The maximum Gasteiger partial charge on any atom is 0.256 e. The molecule has 36 heavy (non-hydrogen) atoms. The number of nitrogens with zero attached hydrogens (tertiary/aromatic N) is 3. The van der Waals surface area contributed by atoms with Gasteiger partial charge in [-0.15, -0.1) is 0 Å². The maximum atomic E-state index is 13.5. The fourth-order valence-electron chi connectivity index (χ4n) is 5.09. The van der Waals surface area contributed by atoms with Crippen LogP contribution in [0.4, 0.5) is 11.4 Å². The van der Waals surface area contributed by atoms with Gasteiger partial charge >= 0.3 is 0 Å². The summed E-state index contributed by atoms with van der Waals surface area (Å²) >= 11 is 0. The molecule has 0 atom stereocenters. The summed E-state index contributed by atoms with van der Waals surface area (Å²) in [6.45, 7) is 10.9. The van der Waals surface area contributed by atoms with Crippen LogP contribution in [0, 0.1) is 5.41 Å². The number of anilines is 2. The SMILES string of the molecule is COc1ccc(N2CCN(C(=O)c3ccccc3N3CCC(NC(=O)CC(C)(C)C)CC3)CC2)cc1. The zero-order valence-corrected chi connectivity index (χ0v) is 22.1. The molecule has 0 aliphatic carbocycles. The number of hydrogen-bond acceptors (Lipinski definition) is 5. The van der Waals surface area contributed by atoms with Gasteiger partial charge in [-0.25, -0.2) is 0 Å². The molecule has 7 nitrogen and oxygen atoms in total. The van der Waals surface area contributed by atoms with Gasteiger partial charge < -0.3 is 24.8 Å². The Morgan fingerprint density at radius 3 is 2.14 bits per heavy atom. The molecule has 2 fully saturated rings. The molecule has 2 aliphatic heterocycles. The third-order valence-corrected chi connectivity index (χ3v) is 7.03. The standard InChI is InChI=1S/C29H40N4O3/c1-29(2,3)21-27(34)30-22-13-15-32(16-14-22)26-8-6-5-7-25(26)28(35)33-19-17-31(18-20-33)23-9-11-24(36-4)12-10-23/h5-12,22H,13-21H2,1-4H3,(H,30,34). The first-order chi connectivity index (χ1) is 17.2. The molecule has 2 saturated heterocycles. The van der Waals surface area contributed by atoms with Crippen molar-refractivity contribution >= 4 is 23.2 Å². The smallest absolute Gasteiger partial charge is 0.256 e. The van der Waals surface area contributed by atoms with Gasteiger partial charge in [-0.2, -0.15) is 0 Å². The summed E-state index contributed by atoms with van der Waals surface area (Å²) in [6.07, 6.45) is 2.31. The van der Waals surface area contributed by atoms with Gasteiger partial charge in [0.1, 0.15) is 5.75 Å². The lowest BCUT2D eigenvalue weighted by Gasteiger charge is -2.38. The minimum Gasteiger partial charge on any atom is -0.497 e. The highest BCUT2D eigenvalue weighted by molar-refractivity contribution is 6.00. The highest BCUT2D eigenvalue weighted by Crippen LogP contribution is 2.27. The van der Waals surface area contributed by atoms with Crippen LogP contribution in [0.2, 0.25) is 0 Å². The van der Waals surface area contributed by atoms with E-state index in [-0.39, 0.29) is 23.3 Å². The highest BCUT2D eigenvalue weighted by atomic mass is 16.5. The van der Waals surface area contributed by atoms with Gasteiger partial charge in [-0.3, -0.25) is 9.59 Å². The van der Waals surface area contributed by atoms with E-state index in [4.69, 9.17) is 4.74 Å². The van der Waals surface area contributed by atoms with Crippen LogP contribution in [0.15, 0.2) is 48.5 Å². The number of ether oxygens (including phenoxy) is 1. The lowest BCUT2D eigenvalue weighted by atomic mass is 9.91. The number of hydrogen-bond donors (Lipinski definition) is 1. The Bertz CT molecular complexity index is 1030. The molecule has 2 amide bonds. The predicted octanol–water partition coefficient (Wildman–Crippen LogP) is 4.18. The van der Waals surface area contributed by atoms with Crippen LogP contribution in [-0.4, -0.2) is 69.1 Å². The first kappa shape index (κ1) is 25.9. The number of piperazine rings is 1. The van der Waals surface area contributed by atoms with Crippen molar-refractivity contribution in [2.75, 3.05) is 56.2 Å². The zero-order valence-electron chi connectivity index (χ0n) is 22.1. The van der Waals surface area contributed by atoms with Crippen LogP contribution in [0.25, 0.3) is 0 Å². The molecular weight excluding hydrogens is 452 g/mol. The van der Waals surface area contributed by atoms with Gasteiger partial charge in [0, 0.05) is 63.1 Å².